The van der Waals surface area contributed by atoms with Gasteiger partial charge in [0.15, 0.2) is 11.5 Å². The van der Waals surface area contributed by atoms with Crippen LogP contribution in [0.5, 0.6) is 23.0 Å². The molecule has 1 aliphatic heterocycles. The monoisotopic (exact) mass is 394 g/mol. The number of nitrogens with one attached hydrogen (secondary N) is 1. The second kappa shape index (κ2) is 8.28. The molecule has 0 unspecified atom stereocenters. The number of aromatic hydroxyl groups is 1. The molecule has 0 radical (unpaired) electrons. The number of nitrogens with zero attached hydrogens (tertiary/aromatic N) is 1. The Hall–Kier alpha value is -3.45. The minimum absolute atomic E-state index is 0.0770. The summed E-state index contributed by atoms with van der Waals surface area (Å²) in [6, 6.07) is 14.6. The quantitative estimate of drug-likeness (QED) is 0.527. The lowest BCUT2D eigenvalue weighted by Gasteiger charge is -2.13. The fourth-order valence-corrected chi connectivity index (χ4v) is 3.22. The third-order valence-corrected chi connectivity index (χ3v) is 4.65. The Morgan fingerprint density at radius 3 is 2.79 bits per heavy atom. The minimum atomic E-state index is 0.0770. The zero-order chi connectivity index (χ0) is 20.2. The minimum Gasteiger partial charge on any atom is -0.507 e. The molecular formula is C22H22N2O5. The van der Waals surface area contributed by atoms with E-state index >= 15 is 0 Å². The van der Waals surface area contributed by atoms with Crippen molar-refractivity contribution in [3.8, 4) is 45.4 Å². The van der Waals surface area contributed by atoms with E-state index in [2.05, 4.69) is 10.3 Å². The molecule has 0 bridgehead atoms. The standard InChI is InChI=1S/C22H22N2O5/c1-27-15-6-7-17(19(26)12-15)18-10-14(11-21(24-18)23-8-3-9-25)16-4-2-5-20-22(16)29-13-28-20/h2,4-7,10-12,25-26H,3,8-9,13H2,1H3,(H,23,24). The van der Waals surface area contributed by atoms with Crippen LogP contribution in [0.3, 0.4) is 0 Å². The van der Waals surface area contributed by atoms with E-state index in [1.807, 2.05) is 30.3 Å². The van der Waals surface area contributed by atoms with Crippen molar-refractivity contribution in [2.75, 3.05) is 32.4 Å². The summed E-state index contributed by atoms with van der Waals surface area (Å²) in [5, 5.41) is 22.8. The molecule has 3 N–H and O–H groups in total. The lowest BCUT2D eigenvalue weighted by Crippen LogP contribution is -2.06. The van der Waals surface area contributed by atoms with Crippen LogP contribution in [0.4, 0.5) is 5.82 Å². The van der Waals surface area contributed by atoms with Gasteiger partial charge in [-0.15, -0.1) is 0 Å². The fraction of sp³-hybridized carbons (Fsp3) is 0.227. The highest BCUT2D eigenvalue weighted by atomic mass is 16.7. The smallest absolute Gasteiger partial charge is 0.231 e. The molecule has 0 saturated carbocycles. The van der Waals surface area contributed by atoms with Crippen molar-refractivity contribution < 1.29 is 24.4 Å². The number of aliphatic hydroxyl groups is 1. The van der Waals surface area contributed by atoms with Gasteiger partial charge in [-0.1, -0.05) is 12.1 Å². The van der Waals surface area contributed by atoms with Crippen LogP contribution in [0, 0.1) is 0 Å². The van der Waals surface area contributed by atoms with Crippen molar-refractivity contribution in [2.24, 2.45) is 0 Å². The van der Waals surface area contributed by atoms with Crippen LogP contribution in [-0.2, 0) is 0 Å². The highest BCUT2D eigenvalue weighted by molar-refractivity contribution is 5.81. The summed E-state index contributed by atoms with van der Waals surface area (Å²) < 4.78 is 16.3. The second-order valence-electron chi connectivity index (χ2n) is 6.55. The van der Waals surface area contributed by atoms with Gasteiger partial charge >= 0.3 is 0 Å². The Kier molecular flexibility index (Phi) is 5.39. The van der Waals surface area contributed by atoms with Crippen LogP contribution in [0.25, 0.3) is 22.4 Å². The fourth-order valence-electron chi connectivity index (χ4n) is 3.22. The van der Waals surface area contributed by atoms with Gasteiger partial charge in [-0.05, 0) is 42.3 Å². The Morgan fingerprint density at radius 1 is 1.10 bits per heavy atom. The number of methoxy groups -OCH3 is 1. The van der Waals surface area contributed by atoms with Gasteiger partial charge < -0.3 is 29.7 Å². The number of aliphatic hydroxyl groups excluding tert-OH is 1. The van der Waals surface area contributed by atoms with Crippen LogP contribution in [0.2, 0.25) is 0 Å². The van der Waals surface area contributed by atoms with Crippen molar-refractivity contribution in [3.63, 3.8) is 0 Å². The number of phenols is 1. The van der Waals surface area contributed by atoms with Crippen molar-refractivity contribution >= 4 is 5.82 Å². The number of phenolic OH excluding ortho intramolecular Hbond substituents is 1. The van der Waals surface area contributed by atoms with Gasteiger partial charge in [-0.25, -0.2) is 4.98 Å². The van der Waals surface area contributed by atoms with Crippen LogP contribution in [0.1, 0.15) is 6.42 Å². The molecule has 1 aromatic heterocycles. The summed E-state index contributed by atoms with van der Waals surface area (Å²) in [7, 11) is 1.55. The first-order valence-electron chi connectivity index (χ1n) is 9.33. The van der Waals surface area contributed by atoms with E-state index in [1.165, 1.54) is 0 Å². The van der Waals surface area contributed by atoms with Crippen LogP contribution >= 0.6 is 0 Å². The normalized spacial score (nSPS) is 12.1. The lowest BCUT2D eigenvalue weighted by molar-refractivity contribution is 0.174. The molecule has 29 heavy (non-hydrogen) atoms. The van der Waals surface area contributed by atoms with E-state index in [0.717, 1.165) is 11.1 Å². The molecule has 0 aliphatic carbocycles. The molecule has 1 aliphatic rings. The number of aromatic nitrogens is 1. The number of hydrogen-bond donors (Lipinski definition) is 3. The third kappa shape index (κ3) is 3.90. The molecule has 7 heteroatoms. The zero-order valence-electron chi connectivity index (χ0n) is 16.0. The first kappa shape index (κ1) is 18.9. The molecule has 3 aromatic rings. The average molecular weight is 394 g/mol. The Bertz CT molecular complexity index is 1020. The Balaban J connectivity index is 1.81. The molecule has 7 nitrogen and oxygen atoms in total. The number of pyridine rings is 1. The maximum atomic E-state index is 10.5. The van der Waals surface area contributed by atoms with E-state index in [-0.39, 0.29) is 19.1 Å². The van der Waals surface area contributed by atoms with Gasteiger partial charge in [0.25, 0.3) is 0 Å². The summed E-state index contributed by atoms with van der Waals surface area (Å²) in [6.07, 6.45) is 0.604. The van der Waals surface area contributed by atoms with Gasteiger partial charge in [0.2, 0.25) is 6.79 Å². The van der Waals surface area contributed by atoms with E-state index in [4.69, 9.17) is 19.3 Å². The van der Waals surface area contributed by atoms with Crippen LogP contribution in [-0.4, -0.2) is 42.3 Å². The van der Waals surface area contributed by atoms with Crippen molar-refractivity contribution in [2.45, 2.75) is 6.42 Å². The number of ether oxygens (including phenoxy) is 3. The van der Waals surface area contributed by atoms with Crippen LogP contribution in [0.15, 0.2) is 48.5 Å². The largest absolute Gasteiger partial charge is 0.507 e. The Labute approximate surface area is 168 Å². The number of rotatable bonds is 7. The average Bonchev–Trinajstić information content (AvgIpc) is 3.22. The highest BCUT2D eigenvalue weighted by Crippen LogP contribution is 2.43. The lowest BCUT2D eigenvalue weighted by atomic mass is 10.0. The molecule has 0 saturated heterocycles. The van der Waals surface area contributed by atoms with Crippen molar-refractivity contribution in [3.05, 3.63) is 48.5 Å². The molecular weight excluding hydrogens is 372 g/mol. The molecule has 0 atom stereocenters. The summed E-state index contributed by atoms with van der Waals surface area (Å²) >= 11 is 0. The molecule has 0 amide bonds. The molecule has 4 rings (SSSR count). The van der Waals surface area contributed by atoms with Crippen LogP contribution < -0.4 is 19.5 Å². The van der Waals surface area contributed by atoms with Crippen molar-refractivity contribution in [1.29, 1.82) is 0 Å². The third-order valence-electron chi connectivity index (χ3n) is 4.65. The van der Waals surface area contributed by atoms with Gasteiger partial charge in [-0.3, -0.25) is 0 Å². The van der Waals surface area contributed by atoms with Gasteiger partial charge in [0.05, 0.1) is 12.8 Å². The maximum Gasteiger partial charge on any atom is 0.231 e. The first-order valence-corrected chi connectivity index (χ1v) is 9.33. The van der Waals surface area contributed by atoms with E-state index in [0.29, 0.717) is 47.3 Å². The number of para-hydroxylation sites is 1. The molecule has 0 spiro atoms. The molecule has 2 heterocycles. The summed E-state index contributed by atoms with van der Waals surface area (Å²) in [5.74, 6) is 2.66. The van der Waals surface area contributed by atoms with E-state index < -0.39 is 0 Å². The first-order chi connectivity index (χ1) is 14.2. The summed E-state index contributed by atoms with van der Waals surface area (Å²) in [4.78, 5) is 4.65. The topological polar surface area (TPSA) is 93.1 Å². The number of hydrogen-bond acceptors (Lipinski definition) is 7. The van der Waals surface area contributed by atoms with Gasteiger partial charge in [0.1, 0.15) is 17.3 Å². The molecule has 150 valence electrons. The molecule has 2 aromatic carbocycles. The second-order valence-corrected chi connectivity index (χ2v) is 6.55. The van der Waals surface area contributed by atoms with Gasteiger partial charge in [-0.2, -0.15) is 0 Å². The highest BCUT2D eigenvalue weighted by Gasteiger charge is 2.20. The molecule has 0 fully saturated rings. The number of anilines is 1. The van der Waals surface area contributed by atoms with Crippen molar-refractivity contribution in [1.82, 2.24) is 4.98 Å². The number of benzene rings is 2. The van der Waals surface area contributed by atoms with E-state index in [9.17, 15) is 5.11 Å². The Morgan fingerprint density at radius 2 is 2.00 bits per heavy atom. The summed E-state index contributed by atoms with van der Waals surface area (Å²) in [6.45, 7) is 0.856. The SMILES string of the molecule is COc1ccc(-c2cc(-c3cccc4c3OCO4)cc(NCCCO)n2)c(O)c1. The summed E-state index contributed by atoms with van der Waals surface area (Å²) in [5.41, 5.74) is 2.94. The number of fused-ring (bicyclic) bond motifs is 1. The maximum absolute atomic E-state index is 10.5. The van der Waals surface area contributed by atoms with Gasteiger partial charge in [0, 0.05) is 30.3 Å². The predicted molar refractivity (Wildman–Crippen MR) is 110 cm³/mol. The predicted octanol–water partition coefficient (Wildman–Crippen LogP) is 3.65. The van der Waals surface area contributed by atoms with E-state index in [1.54, 1.807) is 25.3 Å². The zero-order valence-corrected chi connectivity index (χ0v) is 16.0.